The molecular weight excluding hydrogens is 324 g/mol. The van der Waals surface area contributed by atoms with E-state index < -0.39 is 54.4 Å². The van der Waals surface area contributed by atoms with Crippen LogP contribution in [0.25, 0.3) is 0 Å². The van der Waals surface area contributed by atoms with Gasteiger partial charge in [-0.1, -0.05) is 0 Å². The van der Waals surface area contributed by atoms with Crippen molar-refractivity contribution in [2.75, 3.05) is 19.8 Å². The molecule has 0 saturated carbocycles. The molecule has 0 spiro atoms. The summed E-state index contributed by atoms with van der Waals surface area (Å²) in [5.74, 6) is -4.74. The first-order chi connectivity index (χ1) is 11.3. The summed E-state index contributed by atoms with van der Waals surface area (Å²) in [7, 11) is 0. The minimum atomic E-state index is -1.65. The number of aliphatic hydroxyl groups excluding tert-OH is 3. The molecule has 0 aliphatic rings. The predicted molar refractivity (Wildman–Crippen MR) is 79.7 cm³/mol. The molecule has 0 aliphatic carbocycles. The van der Waals surface area contributed by atoms with Gasteiger partial charge in [0.05, 0.1) is 16.7 Å². The first-order valence-corrected chi connectivity index (χ1v) is 7.04. The molecular formula is C15H18O9. The van der Waals surface area contributed by atoms with Gasteiger partial charge in [-0.2, -0.15) is 0 Å². The van der Waals surface area contributed by atoms with Crippen LogP contribution in [-0.2, 0) is 19.3 Å². The zero-order valence-electron chi connectivity index (χ0n) is 12.7. The van der Waals surface area contributed by atoms with Crippen LogP contribution in [0.3, 0.4) is 0 Å². The van der Waals surface area contributed by atoms with E-state index in [4.69, 9.17) is 10.2 Å². The van der Waals surface area contributed by atoms with E-state index in [0.29, 0.717) is 0 Å². The maximum absolute atomic E-state index is 11.6. The Kier molecular flexibility index (Phi) is 6.83. The third kappa shape index (κ3) is 3.70. The smallest absolute Gasteiger partial charge is 0.336 e. The molecule has 6 N–H and O–H groups in total. The van der Waals surface area contributed by atoms with E-state index in [1.165, 1.54) is 0 Å². The number of benzene rings is 1. The average molecular weight is 342 g/mol. The van der Waals surface area contributed by atoms with E-state index >= 15 is 0 Å². The Morgan fingerprint density at radius 2 is 0.833 bits per heavy atom. The van der Waals surface area contributed by atoms with Crippen LogP contribution in [0.5, 0.6) is 0 Å². The van der Waals surface area contributed by atoms with Crippen molar-refractivity contribution in [3.05, 3.63) is 33.4 Å². The topological polar surface area (TPSA) is 173 Å². The number of carboxylic acid groups (broad SMARTS) is 3. The normalized spacial score (nSPS) is 10.6. The average Bonchev–Trinajstić information content (AvgIpc) is 2.48. The van der Waals surface area contributed by atoms with Gasteiger partial charge in [0.2, 0.25) is 0 Å². The number of hydrogen-bond acceptors (Lipinski definition) is 6. The van der Waals surface area contributed by atoms with E-state index in [9.17, 15) is 34.8 Å². The molecule has 0 aromatic heterocycles. The van der Waals surface area contributed by atoms with Gasteiger partial charge in [0.1, 0.15) is 0 Å². The van der Waals surface area contributed by atoms with Crippen LogP contribution in [0, 0.1) is 0 Å². The number of aliphatic hydroxyl groups is 3. The number of aromatic carboxylic acids is 3. The summed E-state index contributed by atoms with van der Waals surface area (Å²) in [5.41, 5.74) is -2.32. The highest BCUT2D eigenvalue weighted by molar-refractivity contribution is 6.07. The van der Waals surface area contributed by atoms with Gasteiger partial charge in [0.25, 0.3) is 0 Å². The van der Waals surface area contributed by atoms with Crippen molar-refractivity contribution in [2.45, 2.75) is 19.3 Å². The summed E-state index contributed by atoms with van der Waals surface area (Å²) in [5, 5.41) is 55.7. The predicted octanol–water partition coefficient (Wildman–Crippen LogP) is -0.614. The molecule has 0 fully saturated rings. The van der Waals surface area contributed by atoms with Gasteiger partial charge in [-0.15, -0.1) is 0 Å². The van der Waals surface area contributed by atoms with E-state index in [0.717, 1.165) is 0 Å². The lowest BCUT2D eigenvalue weighted by molar-refractivity contribution is 0.0645. The van der Waals surface area contributed by atoms with Gasteiger partial charge in [-0.3, -0.25) is 0 Å². The van der Waals surface area contributed by atoms with Crippen LogP contribution in [0.15, 0.2) is 0 Å². The van der Waals surface area contributed by atoms with E-state index in [-0.39, 0.29) is 36.0 Å². The Morgan fingerprint density at radius 3 is 1.17 bits per heavy atom. The van der Waals surface area contributed by atoms with Crippen LogP contribution in [0.2, 0.25) is 0 Å². The first-order valence-electron chi connectivity index (χ1n) is 7.04. The molecule has 0 heterocycles. The molecule has 0 saturated heterocycles. The molecule has 0 aliphatic heterocycles. The fraction of sp³-hybridized carbons (Fsp3) is 0.400. The molecule has 0 bridgehead atoms. The second kappa shape index (κ2) is 8.39. The van der Waals surface area contributed by atoms with Gasteiger partial charge in [-0.05, 0) is 36.0 Å². The molecule has 0 radical (unpaired) electrons. The fourth-order valence-corrected chi connectivity index (χ4v) is 2.78. The van der Waals surface area contributed by atoms with Crippen molar-refractivity contribution in [3.63, 3.8) is 0 Å². The molecule has 24 heavy (non-hydrogen) atoms. The standard InChI is InChI=1S/C15H18O9/c16-4-1-7-8(2-5-17)11(14(21)22)12(15(23)24)9(3-6-18)10(7)13(19)20/h16-18H,1-6H2,(H,19,20)(H,21,22)(H,23,24). The minimum absolute atomic E-state index is 0.0510. The maximum atomic E-state index is 11.6. The van der Waals surface area contributed by atoms with Gasteiger partial charge >= 0.3 is 17.9 Å². The van der Waals surface area contributed by atoms with E-state index in [1.54, 1.807) is 0 Å². The number of hydrogen-bond donors (Lipinski definition) is 6. The number of carboxylic acids is 3. The molecule has 1 rings (SSSR count). The molecule has 1 aromatic rings. The highest BCUT2D eigenvalue weighted by Crippen LogP contribution is 2.30. The summed E-state index contributed by atoms with van der Waals surface area (Å²) in [6, 6.07) is 0. The largest absolute Gasteiger partial charge is 0.478 e. The SMILES string of the molecule is O=C(O)c1c(CCO)c(CCO)c(C(=O)O)c(C(=O)O)c1CCO. The molecule has 0 unspecified atom stereocenters. The highest BCUT2D eigenvalue weighted by atomic mass is 16.4. The number of carbonyl (C=O) groups is 3. The third-order valence-corrected chi connectivity index (χ3v) is 3.55. The second-order valence-electron chi connectivity index (χ2n) is 4.90. The van der Waals surface area contributed by atoms with Crippen molar-refractivity contribution in [2.24, 2.45) is 0 Å². The summed E-state index contributed by atoms with van der Waals surface area (Å²) >= 11 is 0. The zero-order chi connectivity index (χ0) is 18.4. The quantitative estimate of drug-likeness (QED) is 0.342. The second-order valence-corrected chi connectivity index (χ2v) is 4.90. The zero-order valence-corrected chi connectivity index (χ0v) is 12.7. The monoisotopic (exact) mass is 342 g/mol. The Balaban J connectivity index is 4.09. The van der Waals surface area contributed by atoms with Gasteiger partial charge < -0.3 is 30.6 Å². The molecule has 1 aromatic carbocycles. The number of rotatable bonds is 9. The lowest BCUT2D eigenvalue weighted by Gasteiger charge is -2.21. The summed E-state index contributed by atoms with van der Waals surface area (Å²) in [6.07, 6.45) is -0.881. The van der Waals surface area contributed by atoms with Crippen LogP contribution in [0.1, 0.15) is 47.8 Å². The lowest BCUT2D eigenvalue weighted by Crippen LogP contribution is -2.23. The van der Waals surface area contributed by atoms with E-state index in [1.807, 2.05) is 0 Å². The van der Waals surface area contributed by atoms with E-state index in [2.05, 4.69) is 0 Å². The van der Waals surface area contributed by atoms with Crippen LogP contribution >= 0.6 is 0 Å². The Hall–Kier alpha value is -2.49. The molecule has 0 atom stereocenters. The fourth-order valence-electron chi connectivity index (χ4n) is 2.78. The van der Waals surface area contributed by atoms with Crippen LogP contribution < -0.4 is 0 Å². The lowest BCUT2D eigenvalue weighted by atomic mass is 9.83. The van der Waals surface area contributed by atoms with Crippen molar-refractivity contribution in [3.8, 4) is 0 Å². The molecule has 9 nitrogen and oxygen atoms in total. The molecule has 132 valence electrons. The first kappa shape index (κ1) is 19.6. The Bertz CT molecular complexity index is 664. The molecule has 0 amide bonds. The summed E-state index contributed by atoms with van der Waals surface area (Å²) in [4.78, 5) is 34.8. The highest BCUT2D eigenvalue weighted by Gasteiger charge is 2.32. The third-order valence-electron chi connectivity index (χ3n) is 3.55. The van der Waals surface area contributed by atoms with Gasteiger partial charge in [0.15, 0.2) is 0 Å². The van der Waals surface area contributed by atoms with Crippen molar-refractivity contribution < 1.29 is 45.0 Å². The summed E-state index contributed by atoms with van der Waals surface area (Å²) < 4.78 is 0. The minimum Gasteiger partial charge on any atom is -0.478 e. The van der Waals surface area contributed by atoms with Crippen molar-refractivity contribution in [1.29, 1.82) is 0 Å². The van der Waals surface area contributed by atoms with Crippen LogP contribution in [-0.4, -0.2) is 68.4 Å². The van der Waals surface area contributed by atoms with Crippen LogP contribution in [0.4, 0.5) is 0 Å². The Morgan fingerprint density at radius 1 is 0.542 bits per heavy atom. The van der Waals surface area contributed by atoms with Gasteiger partial charge in [-0.25, -0.2) is 14.4 Å². The van der Waals surface area contributed by atoms with Crippen molar-refractivity contribution >= 4 is 17.9 Å². The maximum Gasteiger partial charge on any atom is 0.336 e. The molecule has 9 heteroatoms. The summed E-state index contributed by atoms with van der Waals surface area (Å²) in [6.45, 7) is -1.61. The Labute approximate surface area is 136 Å². The van der Waals surface area contributed by atoms with Gasteiger partial charge in [0, 0.05) is 19.8 Å². The van der Waals surface area contributed by atoms with Crippen molar-refractivity contribution in [1.82, 2.24) is 0 Å².